The number of rotatable bonds is 5. The number of carbonyl (C=O) groups is 1. The maximum absolute atomic E-state index is 13.2. The van der Waals surface area contributed by atoms with E-state index in [2.05, 4.69) is 20.8 Å². The summed E-state index contributed by atoms with van der Waals surface area (Å²) < 4.78 is 12.5. The van der Waals surface area contributed by atoms with E-state index >= 15 is 0 Å². The van der Waals surface area contributed by atoms with E-state index < -0.39 is 0 Å². The van der Waals surface area contributed by atoms with Crippen molar-refractivity contribution in [3.05, 3.63) is 41.2 Å². The second-order valence-electron chi connectivity index (χ2n) is 6.73. The van der Waals surface area contributed by atoms with E-state index in [1.165, 1.54) is 0 Å². The summed E-state index contributed by atoms with van der Waals surface area (Å²) >= 11 is 0. The molecule has 1 aliphatic rings. The van der Waals surface area contributed by atoms with Crippen LogP contribution in [0.15, 0.2) is 24.3 Å². The van der Waals surface area contributed by atoms with Gasteiger partial charge in [-0.2, -0.15) is 5.10 Å². The second-order valence-corrected chi connectivity index (χ2v) is 6.73. The highest BCUT2D eigenvalue weighted by atomic mass is 16.5. The van der Waals surface area contributed by atoms with Crippen LogP contribution in [0.2, 0.25) is 0 Å². The highest BCUT2D eigenvalue weighted by molar-refractivity contribution is 5.97. The zero-order chi connectivity index (χ0) is 18.7. The maximum atomic E-state index is 13.2. The number of amides is 1. The number of methoxy groups -OCH3 is 1. The van der Waals surface area contributed by atoms with E-state index in [0.717, 1.165) is 34.8 Å². The number of ether oxygens (including phenoxy) is 2. The Morgan fingerprint density at radius 1 is 1.23 bits per heavy atom. The van der Waals surface area contributed by atoms with Gasteiger partial charge in [0.25, 0.3) is 5.91 Å². The molecule has 26 heavy (non-hydrogen) atoms. The van der Waals surface area contributed by atoms with E-state index in [1.54, 1.807) is 7.11 Å². The van der Waals surface area contributed by atoms with Crippen molar-refractivity contribution in [3.8, 4) is 11.4 Å². The standard InChI is InChI=1S/C20H27N3O3/c1-5-17-18(20(24)22-10-12-26-13-11-22)19(14(2)3)21-23(17)15-6-8-16(25-4)9-7-15/h6-9,14H,5,10-13H2,1-4H3. The van der Waals surface area contributed by atoms with Crippen LogP contribution < -0.4 is 4.74 Å². The Morgan fingerprint density at radius 2 is 1.88 bits per heavy atom. The van der Waals surface area contributed by atoms with Gasteiger partial charge in [0.2, 0.25) is 0 Å². The predicted molar refractivity (Wildman–Crippen MR) is 100 cm³/mol. The van der Waals surface area contributed by atoms with Crippen molar-refractivity contribution in [2.75, 3.05) is 33.4 Å². The van der Waals surface area contributed by atoms with Crippen LogP contribution in [0.25, 0.3) is 5.69 Å². The summed E-state index contributed by atoms with van der Waals surface area (Å²) in [6.45, 7) is 8.68. The van der Waals surface area contributed by atoms with E-state index in [9.17, 15) is 4.79 Å². The molecule has 1 aromatic heterocycles. The van der Waals surface area contributed by atoms with Crippen molar-refractivity contribution in [2.24, 2.45) is 0 Å². The van der Waals surface area contributed by atoms with Gasteiger partial charge in [0.15, 0.2) is 0 Å². The first-order valence-electron chi connectivity index (χ1n) is 9.20. The molecule has 0 saturated carbocycles. The number of hydrogen-bond donors (Lipinski definition) is 0. The third-order valence-electron chi connectivity index (χ3n) is 4.72. The fraction of sp³-hybridized carbons (Fsp3) is 0.500. The van der Waals surface area contributed by atoms with E-state index in [1.807, 2.05) is 33.8 Å². The molecule has 6 heteroatoms. The van der Waals surface area contributed by atoms with Crippen LogP contribution in [-0.2, 0) is 11.2 Å². The van der Waals surface area contributed by atoms with Gasteiger partial charge in [-0.15, -0.1) is 0 Å². The summed E-state index contributed by atoms with van der Waals surface area (Å²) in [6, 6.07) is 7.76. The molecule has 140 valence electrons. The molecular weight excluding hydrogens is 330 g/mol. The van der Waals surface area contributed by atoms with Crippen molar-refractivity contribution in [2.45, 2.75) is 33.1 Å². The van der Waals surface area contributed by atoms with Gasteiger partial charge in [0, 0.05) is 13.1 Å². The molecule has 0 unspecified atom stereocenters. The van der Waals surface area contributed by atoms with E-state index in [0.29, 0.717) is 26.3 Å². The van der Waals surface area contributed by atoms with Gasteiger partial charge in [-0.25, -0.2) is 4.68 Å². The SMILES string of the molecule is CCc1c(C(=O)N2CCOCC2)c(C(C)C)nn1-c1ccc(OC)cc1. The van der Waals surface area contributed by atoms with E-state index in [4.69, 9.17) is 14.6 Å². The lowest BCUT2D eigenvalue weighted by atomic mass is 10.0. The molecular formula is C20H27N3O3. The molecule has 0 atom stereocenters. The smallest absolute Gasteiger partial charge is 0.257 e. The fourth-order valence-corrected chi connectivity index (χ4v) is 3.30. The Bertz CT molecular complexity index is 759. The second kappa shape index (κ2) is 7.91. The van der Waals surface area contributed by atoms with Gasteiger partial charge >= 0.3 is 0 Å². The molecule has 2 heterocycles. The topological polar surface area (TPSA) is 56.6 Å². The van der Waals surface area contributed by atoms with E-state index in [-0.39, 0.29) is 11.8 Å². The minimum Gasteiger partial charge on any atom is -0.497 e. The Labute approximate surface area is 154 Å². The minimum absolute atomic E-state index is 0.0635. The molecule has 1 aromatic carbocycles. The minimum atomic E-state index is 0.0635. The lowest BCUT2D eigenvalue weighted by molar-refractivity contribution is 0.0301. The maximum Gasteiger partial charge on any atom is 0.257 e. The molecule has 3 rings (SSSR count). The number of morpholine rings is 1. The van der Waals surface area contributed by atoms with Crippen molar-refractivity contribution < 1.29 is 14.3 Å². The van der Waals surface area contributed by atoms with Crippen LogP contribution in [-0.4, -0.2) is 54.0 Å². The van der Waals surface area contributed by atoms with Crippen molar-refractivity contribution in [3.63, 3.8) is 0 Å². The number of carbonyl (C=O) groups excluding carboxylic acids is 1. The molecule has 1 amide bonds. The van der Waals surface area contributed by atoms with Gasteiger partial charge in [-0.1, -0.05) is 20.8 Å². The van der Waals surface area contributed by atoms with Crippen LogP contribution in [0.5, 0.6) is 5.75 Å². The van der Waals surface area contributed by atoms with Gasteiger partial charge in [-0.05, 0) is 36.6 Å². The monoisotopic (exact) mass is 357 g/mol. The number of nitrogens with zero attached hydrogens (tertiary/aromatic N) is 3. The summed E-state index contributed by atoms with van der Waals surface area (Å²) in [6.07, 6.45) is 0.733. The summed E-state index contributed by atoms with van der Waals surface area (Å²) in [5.74, 6) is 1.03. The van der Waals surface area contributed by atoms with Gasteiger partial charge in [0.1, 0.15) is 5.75 Å². The average molecular weight is 357 g/mol. The third-order valence-corrected chi connectivity index (χ3v) is 4.72. The van der Waals surface area contributed by atoms with Crippen LogP contribution in [0.4, 0.5) is 0 Å². The lowest BCUT2D eigenvalue weighted by Crippen LogP contribution is -2.41. The molecule has 0 spiro atoms. The Morgan fingerprint density at radius 3 is 2.42 bits per heavy atom. The molecule has 2 aromatic rings. The van der Waals surface area contributed by atoms with Crippen molar-refractivity contribution in [1.82, 2.24) is 14.7 Å². The molecule has 1 aliphatic heterocycles. The first-order valence-corrected chi connectivity index (χ1v) is 9.20. The molecule has 0 N–H and O–H groups in total. The highest BCUT2D eigenvalue weighted by Crippen LogP contribution is 2.27. The van der Waals surface area contributed by atoms with Crippen LogP contribution in [0.1, 0.15) is 48.4 Å². The molecule has 0 bridgehead atoms. The molecule has 0 radical (unpaired) electrons. The van der Waals surface area contributed by atoms with Crippen molar-refractivity contribution in [1.29, 1.82) is 0 Å². The lowest BCUT2D eigenvalue weighted by Gasteiger charge is -2.27. The molecule has 6 nitrogen and oxygen atoms in total. The van der Waals surface area contributed by atoms with Crippen molar-refractivity contribution >= 4 is 5.91 Å². The Hall–Kier alpha value is -2.34. The summed E-state index contributed by atoms with van der Waals surface area (Å²) in [7, 11) is 1.65. The van der Waals surface area contributed by atoms with Gasteiger partial charge < -0.3 is 14.4 Å². The first-order chi connectivity index (χ1) is 12.6. The van der Waals surface area contributed by atoms with Gasteiger partial charge in [0.05, 0.1) is 43.0 Å². The first kappa shape index (κ1) is 18.5. The number of benzene rings is 1. The summed E-state index contributed by atoms with van der Waals surface area (Å²) in [5, 5.41) is 4.82. The predicted octanol–water partition coefficient (Wildman–Crippen LogP) is 3.04. The normalized spacial score (nSPS) is 14.7. The number of aromatic nitrogens is 2. The largest absolute Gasteiger partial charge is 0.497 e. The van der Waals surface area contributed by atoms with Crippen LogP contribution in [0, 0.1) is 0 Å². The third kappa shape index (κ3) is 3.46. The fourth-order valence-electron chi connectivity index (χ4n) is 3.30. The molecule has 1 saturated heterocycles. The highest BCUT2D eigenvalue weighted by Gasteiger charge is 2.29. The zero-order valence-corrected chi connectivity index (χ0v) is 16.0. The molecule has 0 aliphatic carbocycles. The average Bonchev–Trinajstić information content (AvgIpc) is 3.08. The van der Waals surface area contributed by atoms with Crippen LogP contribution in [0.3, 0.4) is 0 Å². The summed E-state index contributed by atoms with van der Waals surface area (Å²) in [4.78, 5) is 15.1. The van der Waals surface area contributed by atoms with Crippen LogP contribution >= 0.6 is 0 Å². The molecule has 1 fully saturated rings. The summed E-state index contributed by atoms with van der Waals surface area (Å²) in [5.41, 5.74) is 3.50. The number of hydrogen-bond acceptors (Lipinski definition) is 4. The Balaban J connectivity index is 2.07. The van der Waals surface area contributed by atoms with Gasteiger partial charge in [-0.3, -0.25) is 4.79 Å². The Kier molecular flexibility index (Phi) is 5.61. The zero-order valence-electron chi connectivity index (χ0n) is 16.0. The quantitative estimate of drug-likeness (QED) is 0.825.